The summed E-state index contributed by atoms with van der Waals surface area (Å²) in [7, 11) is 1.54. The molecule has 0 aliphatic carbocycles. The molecule has 0 unspecified atom stereocenters. The maximum absolute atomic E-state index is 9.01. The van der Waals surface area contributed by atoms with Gasteiger partial charge in [0.2, 0.25) is 5.88 Å². The summed E-state index contributed by atoms with van der Waals surface area (Å²) in [6, 6.07) is 8.75. The molecule has 108 valence electrons. The zero-order chi connectivity index (χ0) is 15.2. The van der Waals surface area contributed by atoms with Gasteiger partial charge in [-0.3, -0.25) is 0 Å². The van der Waals surface area contributed by atoms with Crippen LogP contribution < -0.4 is 14.8 Å². The minimum atomic E-state index is 0.413. The van der Waals surface area contributed by atoms with Crippen molar-refractivity contribution in [3.63, 3.8) is 0 Å². The molecule has 0 amide bonds. The number of methoxy groups -OCH3 is 1. The number of benzene rings is 1. The van der Waals surface area contributed by atoms with E-state index in [1.165, 1.54) is 0 Å². The van der Waals surface area contributed by atoms with E-state index >= 15 is 0 Å². The van der Waals surface area contributed by atoms with E-state index in [0.717, 1.165) is 6.54 Å². The van der Waals surface area contributed by atoms with Crippen molar-refractivity contribution in [3.05, 3.63) is 35.7 Å². The Morgan fingerprint density at radius 2 is 1.95 bits per heavy atom. The fraction of sp³-hybridized carbons (Fsp3) is 0.267. The van der Waals surface area contributed by atoms with Crippen molar-refractivity contribution in [3.8, 4) is 23.4 Å². The van der Waals surface area contributed by atoms with Gasteiger partial charge in [0.05, 0.1) is 18.7 Å². The van der Waals surface area contributed by atoms with Crippen LogP contribution >= 0.6 is 0 Å². The molecule has 0 aliphatic heterocycles. The average molecular weight is 284 g/mol. The Morgan fingerprint density at radius 1 is 1.19 bits per heavy atom. The predicted octanol–water partition coefficient (Wildman–Crippen LogP) is 2.89. The molecule has 21 heavy (non-hydrogen) atoms. The lowest BCUT2D eigenvalue weighted by atomic mass is 10.2. The van der Waals surface area contributed by atoms with Crippen LogP contribution in [-0.4, -0.2) is 23.6 Å². The van der Waals surface area contributed by atoms with Crippen LogP contribution in [0.4, 0.5) is 5.82 Å². The molecule has 1 aromatic carbocycles. The van der Waals surface area contributed by atoms with Gasteiger partial charge >= 0.3 is 0 Å². The van der Waals surface area contributed by atoms with E-state index < -0.39 is 0 Å². The molecule has 0 aliphatic rings. The van der Waals surface area contributed by atoms with E-state index in [1.54, 1.807) is 38.3 Å². The van der Waals surface area contributed by atoms with Crippen LogP contribution in [0.3, 0.4) is 0 Å². The Kier molecular flexibility index (Phi) is 4.57. The van der Waals surface area contributed by atoms with Crippen molar-refractivity contribution in [2.45, 2.75) is 13.8 Å². The number of anilines is 1. The molecule has 2 aromatic rings. The standard InChI is InChI=1S/C15H16N4O2/c1-4-17-14-8-15(19-10(2)18-14)21-13-6-11(9-16)5-12(7-13)20-3/h5-8H,4H2,1-3H3,(H,17,18,19). The van der Waals surface area contributed by atoms with Gasteiger partial charge in [0.25, 0.3) is 0 Å². The van der Waals surface area contributed by atoms with E-state index in [2.05, 4.69) is 21.4 Å². The van der Waals surface area contributed by atoms with Gasteiger partial charge in [0.15, 0.2) is 0 Å². The fourth-order valence-electron chi connectivity index (χ4n) is 1.80. The van der Waals surface area contributed by atoms with Crippen molar-refractivity contribution in [2.75, 3.05) is 19.0 Å². The van der Waals surface area contributed by atoms with E-state index in [9.17, 15) is 0 Å². The van der Waals surface area contributed by atoms with Crippen molar-refractivity contribution in [1.29, 1.82) is 5.26 Å². The van der Waals surface area contributed by atoms with Crippen LogP contribution in [0.5, 0.6) is 17.4 Å². The van der Waals surface area contributed by atoms with Gasteiger partial charge in [-0.2, -0.15) is 10.2 Å². The number of nitrogens with zero attached hydrogens (tertiary/aromatic N) is 3. The Morgan fingerprint density at radius 3 is 2.62 bits per heavy atom. The third-order valence-corrected chi connectivity index (χ3v) is 2.64. The van der Waals surface area contributed by atoms with Crippen LogP contribution in [0.25, 0.3) is 0 Å². The molecular formula is C15H16N4O2. The van der Waals surface area contributed by atoms with Gasteiger partial charge in [-0.1, -0.05) is 0 Å². The van der Waals surface area contributed by atoms with Crippen LogP contribution in [0, 0.1) is 18.3 Å². The zero-order valence-corrected chi connectivity index (χ0v) is 12.2. The van der Waals surface area contributed by atoms with Crippen LogP contribution in [0.15, 0.2) is 24.3 Å². The first-order valence-electron chi connectivity index (χ1n) is 6.51. The van der Waals surface area contributed by atoms with Gasteiger partial charge in [-0.05, 0) is 26.0 Å². The van der Waals surface area contributed by atoms with Gasteiger partial charge < -0.3 is 14.8 Å². The molecule has 1 aromatic heterocycles. The minimum absolute atomic E-state index is 0.413. The highest BCUT2D eigenvalue weighted by Gasteiger charge is 2.07. The number of nitriles is 1. The molecule has 1 heterocycles. The second-order valence-electron chi connectivity index (χ2n) is 4.28. The smallest absolute Gasteiger partial charge is 0.224 e. The minimum Gasteiger partial charge on any atom is -0.497 e. The van der Waals surface area contributed by atoms with E-state index in [-0.39, 0.29) is 0 Å². The van der Waals surface area contributed by atoms with E-state index in [1.807, 2.05) is 6.92 Å². The first-order valence-corrected chi connectivity index (χ1v) is 6.51. The first-order chi connectivity index (χ1) is 10.1. The van der Waals surface area contributed by atoms with Crippen molar-refractivity contribution < 1.29 is 9.47 Å². The van der Waals surface area contributed by atoms with E-state index in [4.69, 9.17) is 14.7 Å². The molecule has 0 radical (unpaired) electrons. The molecule has 0 saturated heterocycles. The Hall–Kier alpha value is -2.81. The van der Waals surface area contributed by atoms with E-state index in [0.29, 0.717) is 34.6 Å². The lowest BCUT2D eigenvalue weighted by Gasteiger charge is -2.09. The van der Waals surface area contributed by atoms with Crippen molar-refractivity contribution in [1.82, 2.24) is 9.97 Å². The third kappa shape index (κ3) is 3.83. The first kappa shape index (κ1) is 14.6. The highest BCUT2D eigenvalue weighted by Crippen LogP contribution is 2.27. The SMILES string of the molecule is CCNc1cc(Oc2cc(C#N)cc(OC)c2)nc(C)n1. The molecule has 0 atom stereocenters. The van der Waals surface area contributed by atoms with Gasteiger partial charge in [0, 0.05) is 18.7 Å². The summed E-state index contributed by atoms with van der Waals surface area (Å²) in [6.45, 7) is 4.53. The van der Waals surface area contributed by atoms with Crippen LogP contribution in [0.1, 0.15) is 18.3 Å². The highest BCUT2D eigenvalue weighted by molar-refractivity contribution is 5.46. The number of hydrogen-bond acceptors (Lipinski definition) is 6. The number of nitrogens with one attached hydrogen (secondary N) is 1. The predicted molar refractivity (Wildman–Crippen MR) is 78.7 cm³/mol. The fourth-order valence-corrected chi connectivity index (χ4v) is 1.80. The molecular weight excluding hydrogens is 268 g/mol. The number of aryl methyl sites for hydroxylation is 1. The Labute approximate surface area is 123 Å². The molecule has 0 saturated carbocycles. The maximum atomic E-state index is 9.01. The number of rotatable bonds is 5. The number of aromatic nitrogens is 2. The molecule has 1 N–H and O–H groups in total. The number of hydrogen-bond donors (Lipinski definition) is 1. The summed E-state index contributed by atoms with van der Waals surface area (Å²) in [5, 5.41) is 12.1. The van der Waals surface area contributed by atoms with Gasteiger partial charge in [-0.15, -0.1) is 0 Å². The monoisotopic (exact) mass is 284 g/mol. The zero-order valence-electron chi connectivity index (χ0n) is 12.2. The lowest BCUT2D eigenvalue weighted by molar-refractivity contribution is 0.407. The van der Waals surface area contributed by atoms with Crippen LogP contribution in [-0.2, 0) is 0 Å². The largest absolute Gasteiger partial charge is 0.497 e. The van der Waals surface area contributed by atoms with Crippen molar-refractivity contribution in [2.24, 2.45) is 0 Å². The average Bonchev–Trinajstić information content (AvgIpc) is 2.46. The second-order valence-corrected chi connectivity index (χ2v) is 4.28. The summed E-state index contributed by atoms with van der Waals surface area (Å²) in [5.41, 5.74) is 0.460. The molecule has 0 bridgehead atoms. The summed E-state index contributed by atoms with van der Waals surface area (Å²) in [6.07, 6.45) is 0. The maximum Gasteiger partial charge on any atom is 0.224 e. The molecule has 6 nitrogen and oxygen atoms in total. The third-order valence-electron chi connectivity index (χ3n) is 2.64. The Balaban J connectivity index is 2.31. The highest BCUT2D eigenvalue weighted by atomic mass is 16.5. The molecule has 0 fully saturated rings. The van der Waals surface area contributed by atoms with Gasteiger partial charge in [-0.25, -0.2) is 4.98 Å². The topological polar surface area (TPSA) is 80.1 Å². The van der Waals surface area contributed by atoms with Gasteiger partial charge in [0.1, 0.15) is 23.1 Å². The second kappa shape index (κ2) is 6.57. The van der Waals surface area contributed by atoms with Crippen LogP contribution in [0.2, 0.25) is 0 Å². The lowest BCUT2D eigenvalue weighted by Crippen LogP contribution is -2.02. The quantitative estimate of drug-likeness (QED) is 0.909. The summed E-state index contributed by atoms with van der Waals surface area (Å²) < 4.78 is 10.9. The Bertz CT molecular complexity index is 680. The summed E-state index contributed by atoms with van der Waals surface area (Å²) in [4.78, 5) is 8.48. The molecule has 2 rings (SSSR count). The summed E-state index contributed by atoms with van der Waals surface area (Å²) >= 11 is 0. The molecule has 6 heteroatoms. The number of ether oxygens (including phenoxy) is 2. The molecule has 0 spiro atoms. The van der Waals surface area contributed by atoms with Crippen molar-refractivity contribution >= 4 is 5.82 Å². The summed E-state index contributed by atoms with van der Waals surface area (Å²) in [5.74, 6) is 2.76. The normalized spacial score (nSPS) is 9.81.